The number of aliphatic hydroxyl groups is 1. The normalized spacial score (nSPS) is 16.7. The van der Waals surface area contributed by atoms with E-state index in [2.05, 4.69) is 30.4 Å². The first-order chi connectivity index (χ1) is 18.4. The number of anilines is 1. The van der Waals surface area contributed by atoms with Crippen LogP contribution in [0.4, 0.5) is 5.95 Å². The van der Waals surface area contributed by atoms with Crippen LogP contribution in [0.3, 0.4) is 0 Å². The first-order valence-electron chi connectivity index (χ1n) is 12.6. The summed E-state index contributed by atoms with van der Waals surface area (Å²) in [5.74, 6) is 0.772. The lowest BCUT2D eigenvalue weighted by Crippen LogP contribution is -2.50. The van der Waals surface area contributed by atoms with Crippen LogP contribution in [0.1, 0.15) is 25.3 Å². The van der Waals surface area contributed by atoms with Gasteiger partial charge in [-0.3, -0.25) is 4.79 Å². The molecule has 0 spiro atoms. The molecule has 12 heteroatoms. The Morgan fingerprint density at radius 3 is 2.68 bits per heavy atom. The van der Waals surface area contributed by atoms with E-state index in [4.69, 9.17) is 10.2 Å². The van der Waals surface area contributed by atoms with E-state index in [0.717, 1.165) is 31.5 Å². The Bertz CT molecular complexity index is 1570. The maximum Gasteiger partial charge on any atom is 0.252 e. The number of nitrogen functional groups attached to an aromatic ring is 1. The molecule has 4 aromatic heterocycles. The molecule has 1 aliphatic rings. The quantitative estimate of drug-likeness (QED) is 0.294. The number of nitrogens with one attached hydrogen (secondary N) is 1. The number of nitrogens with zero attached hydrogens (tertiary/aromatic N) is 7. The third-order valence-electron chi connectivity index (χ3n) is 7.24. The van der Waals surface area contributed by atoms with Gasteiger partial charge in [-0.1, -0.05) is 30.3 Å². The minimum Gasteiger partial charge on any atom is -0.461 e. The topological polar surface area (TPSA) is 153 Å². The second-order valence-corrected chi connectivity index (χ2v) is 9.68. The number of benzene rings is 1. The van der Waals surface area contributed by atoms with Crippen LogP contribution in [-0.2, 0) is 10.3 Å². The highest BCUT2D eigenvalue weighted by Gasteiger charge is 2.40. The van der Waals surface area contributed by atoms with Crippen LogP contribution in [0.2, 0.25) is 0 Å². The van der Waals surface area contributed by atoms with Gasteiger partial charge in [-0.05, 0) is 37.5 Å². The molecule has 0 radical (unpaired) electrons. The maximum absolute atomic E-state index is 13.9. The Labute approximate surface area is 218 Å². The summed E-state index contributed by atoms with van der Waals surface area (Å²) in [5, 5.41) is 22.5. The molecule has 0 saturated carbocycles. The van der Waals surface area contributed by atoms with Gasteiger partial charge in [-0.25, -0.2) is 9.67 Å². The number of rotatable bonds is 7. The van der Waals surface area contributed by atoms with Gasteiger partial charge in [0.25, 0.3) is 5.91 Å². The van der Waals surface area contributed by atoms with Crippen LogP contribution < -0.4 is 11.1 Å². The summed E-state index contributed by atoms with van der Waals surface area (Å²) in [6.07, 6.45) is 4.45. The summed E-state index contributed by atoms with van der Waals surface area (Å²) in [4.78, 5) is 25.3. The number of furan rings is 1. The van der Waals surface area contributed by atoms with E-state index in [0.29, 0.717) is 41.4 Å². The molecule has 38 heavy (non-hydrogen) atoms. The second-order valence-electron chi connectivity index (χ2n) is 9.68. The lowest BCUT2D eigenvalue weighted by molar-refractivity contribution is -0.127. The highest BCUT2D eigenvalue weighted by atomic mass is 16.3. The number of hydrogen-bond donors (Lipinski definition) is 3. The Balaban J connectivity index is 1.37. The van der Waals surface area contributed by atoms with E-state index in [9.17, 15) is 9.90 Å². The third kappa shape index (κ3) is 4.07. The van der Waals surface area contributed by atoms with Crippen molar-refractivity contribution in [3.8, 4) is 11.6 Å². The minimum atomic E-state index is -1.22. The number of aliphatic hydroxyl groups excluding tert-OH is 1. The molecule has 0 bridgehead atoms. The molecule has 196 valence electrons. The van der Waals surface area contributed by atoms with Crippen molar-refractivity contribution >= 4 is 28.5 Å². The monoisotopic (exact) mass is 515 g/mol. The lowest BCUT2D eigenvalue weighted by atomic mass is 9.91. The van der Waals surface area contributed by atoms with Crippen molar-refractivity contribution in [3.63, 3.8) is 0 Å². The van der Waals surface area contributed by atoms with Crippen molar-refractivity contribution in [3.05, 3.63) is 60.5 Å². The van der Waals surface area contributed by atoms with Gasteiger partial charge in [-0.2, -0.15) is 14.6 Å². The van der Waals surface area contributed by atoms with Gasteiger partial charge < -0.3 is 25.5 Å². The van der Waals surface area contributed by atoms with E-state index in [1.54, 1.807) is 29.3 Å². The van der Waals surface area contributed by atoms with Crippen molar-refractivity contribution in [1.82, 2.24) is 39.6 Å². The predicted octanol–water partition coefficient (Wildman–Crippen LogP) is 1.65. The van der Waals surface area contributed by atoms with Gasteiger partial charge in [0.15, 0.2) is 22.6 Å². The fourth-order valence-electron chi connectivity index (χ4n) is 5.00. The molecular weight excluding hydrogens is 486 g/mol. The van der Waals surface area contributed by atoms with Crippen molar-refractivity contribution in [1.29, 1.82) is 0 Å². The minimum absolute atomic E-state index is 0.114. The van der Waals surface area contributed by atoms with Crippen LogP contribution in [0.15, 0.2) is 59.3 Å². The SMILES string of the molecule is C[C@](C(=O)NCCN1CCC(O)CC1)(c1ccccc1)n1ncc2c1nc(N)n1nc(-c3ccco3)nc21. The summed E-state index contributed by atoms with van der Waals surface area (Å²) in [6.45, 7) is 4.61. The molecular formula is C26H29N9O3. The summed E-state index contributed by atoms with van der Waals surface area (Å²) in [6, 6.07) is 13.0. The fraction of sp³-hybridized carbons (Fsp3) is 0.346. The van der Waals surface area contributed by atoms with E-state index in [1.807, 2.05) is 37.3 Å². The molecule has 6 rings (SSSR count). The molecule has 1 aromatic carbocycles. The molecule has 4 N–H and O–H groups in total. The Hall–Kier alpha value is -4.29. The predicted molar refractivity (Wildman–Crippen MR) is 140 cm³/mol. The lowest BCUT2D eigenvalue weighted by Gasteiger charge is -2.32. The second kappa shape index (κ2) is 9.54. The van der Waals surface area contributed by atoms with Crippen LogP contribution in [-0.4, -0.2) is 77.6 Å². The van der Waals surface area contributed by atoms with Crippen LogP contribution >= 0.6 is 0 Å². The molecule has 1 amide bonds. The standard InChI is InChI=1S/C26H29N9O3/c1-26(17-6-3-2-4-7-17,24(37)28-11-14-33-12-9-18(36)10-13-33)35-23-19(16-29-35)22-30-21(20-8-5-15-38-20)32-34(22)25(27)31-23/h2-8,15-16,18,36H,9-14H2,1H3,(H2,27,31)(H,28,37)/t26-/m1/s1. The van der Waals surface area contributed by atoms with E-state index in [-0.39, 0.29) is 18.0 Å². The van der Waals surface area contributed by atoms with E-state index >= 15 is 0 Å². The third-order valence-corrected chi connectivity index (χ3v) is 7.24. The number of likely N-dealkylation sites (tertiary alicyclic amines) is 1. The van der Waals surface area contributed by atoms with Gasteiger partial charge in [0.1, 0.15) is 0 Å². The number of amides is 1. The largest absolute Gasteiger partial charge is 0.461 e. The molecule has 5 aromatic rings. The zero-order valence-electron chi connectivity index (χ0n) is 21.0. The highest BCUT2D eigenvalue weighted by molar-refractivity contribution is 5.94. The zero-order chi connectivity index (χ0) is 26.3. The first kappa shape index (κ1) is 24.1. The van der Waals surface area contributed by atoms with Gasteiger partial charge >= 0.3 is 0 Å². The Morgan fingerprint density at radius 2 is 1.95 bits per heavy atom. The van der Waals surface area contributed by atoms with Crippen LogP contribution in [0.5, 0.6) is 0 Å². The molecule has 1 fully saturated rings. The maximum atomic E-state index is 13.9. The highest BCUT2D eigenvalue weighted by Crippen LogP contribution is 2.31. The molecule has 0 aliphatic carbocycles. The number of carbonyl (C=O) groups excluding carboxylic acids is 1. The zero-order valence-corrected chi connectivity index (χ0v) is 21.0. The first-order valence-corrected chi connectivity index (χ1v) is 12.6. The van der Waals surface area contributed by atoms with E-state index in [1.165, 1.54) is 4.52 Å². The van der Waals surface area contributed by atoms with E-state index < -0.39 is 5.54 Å². The number of carbonyl (C=O) groups is 1. The molecule has 12 nitrogen and oxygen atoms in total. The number of hydrogen-bond acceptors (Lipinski definition) is 9. The van der Waals surface area contributed by atoms with Gasteiger partial charge in [0.05, 0.1) is 24.0 Å². The number of nitrogens with two attached hydrogens (primary N) is 1. The number of piperidine rings is 1. The number of aromatic nitrogens is 6. The smallest absolute Gasteiger partial charge is 0.252 e. The van der Waals surface area contributed by atoms with Crippen molar-refractivity contribution in [2.75, 3.05) is 31.9 Å². The van der Waals surface area contributed by atoms with Crippen molar-refractivity contribution in [2.24, 2.45) is 0 Å². The van der Waals surface area contributed by atoms with Gasteiger partial charge in [-0.15, -0.1) is 5.10 Å². The van der Waals surface area contributed by atoms with Gasteiger partial charge in [0.2, 0.25) is 11.8 Å². The summed E-state index contributed by atoms with van der Waals surface area (Å²) < 4.78 is 8.49. The summed E-state index contributed by atoms with van der Waals surface area (Å²) in [7, 11) is 0. The molecule has 1 atom stereocenters. The fourth-order valence-corrected chi connectivity index (χ4v) is 5.00. The number of fused-ring (bicyclic) bond motifs is 3. The average molecular weight is 516 g/mol. The van der Waals surface area contributed by atoms with Crippen molar-refractivity contribution in [2.45, 2.75) is 31.4 Å². The average Bonchev–Trinajstić information content (AvgIpc) is 3.69. The van der Waals surface area contributed by atoms with Crippen LogP contribution in [0.25, 0.3) is 28.3 Å². The summed E-state index contributed by atoms with van der Waals surface area (Å²) >= 11 is 0. The molecule has 0 unspecified atom stereocenters. The van der Waals surface area contributed by atoms with Gasteiger partial charge in [0, 0.05) is 26.2 Å². The Morgan fingerprint density at radius 1 is 1.16 bits per heavy atom. The summed E-state index contributed by atoms with van der Waals surface area (Å²) in [5.41, 5.74) is 6.72. The molecule has 5 heterocycles. The molecule has 1 aliphatic heterocycles. The van der Waals surface area contributed by atoms with Crippen molar-refractivity contribution < 1.29 is 14.3 Å². The van der Waals surface area contributed by atoms with Crippen LogP contribution in [0, 0.1) is 0 Å². The molecule has 1 saturated heterocycles. The Kier molecular flexibility index (Phi) is 6.04.